The van der Waals surface area contributed by atoms with Crippen LogP contribution < -0.4 is 11.3 Å². The maximum absolute atomic E-state index is 13.5. The van der Waals surface area contributed by atoms with Crippen LogP contribution in [0.1, 0.15) is 0 Å². The molecule has 18 heavy (non-hydrogen) atoms. The summed E-state index contributed by atoms with van der Waals surface area (Å²) in [5.41, 5.74) is 2.02. The fourth-order valence-corrected chi connectivity index (χ4v) is 2.10. The lowest BCUT2D eigenvalue weighted by Crippen LogP contribution is -2.11. The summed E-state index contributed by atoms with van der Waals surface area (Å²) in [6, 6.07) is 6.24. The normalized spacial score (nSPS) is 10.4. The van der Waals surface area contributed by atoms with E-state index in [0.29, 0.717) is 11.0 Å². The van der Waals surface area contributed by atoms with Crippen LogP contribution in [0.4, 0.5) is 19.0 Å². The topological polar surface area (TPSA) is 50.9 Å². The van der Waals surface area contributed by atoms with E-state index in [0.717, 1.165) is 11.8 Å². The van der Waals surface area contributed by atoms with Gasteiger partial charge in [-0.15, -0.1) is 0 Å². The van der Waals surface area contributed by atoms with Crippen molar-refractivity contribution in [2.24, 2.45) is 5.84 Å². The summed E-state index contributed by atoms with van der Waals surface area (Å²) in [5.74, 6) is 2.61. The Bertz CT molecular complexity index is 577. The van der Waals surface area contributed by atoms with Crippen molar-refractivity contribution in [1.82, 2.24) is 4.98 Å². The lowest BCUT2D eigenvalue weighted by atomic mass is 10.4. The number of nitrogens with two attached hydrogens (primary N) is 1. The van der Waals surface area contributed by atoms with E-state index in [1.165, 1.54) is 18.2 Å². The Morgan fingerprint density at radius 3 is 2.56 bits per heavy atom. The minimum atomic E-state index is -0.890. The van der Waals surface area contributed by atoms with Crippen molar-refractivity contribution < 1.29 is 13.2 Å². The van der Waals surface area contributed by atoms with E-state index in [2.05, 4.69) is 4.98 Å². The number of nitrogens with zero attached hydrogens (tertiary/aromatic N) is 1. The predicted molar refractivity (Wildman–Crippen MR) is 62.5 cm³/mol. The van der Waals surface area contributed by atoms with Gasteiger partial charge in [0.2, 0.25) is 0 Å². The van der Waals surface area contributed by atoms with Gasteiger partial charge < -0.3 is 5.43 Å². The second-order valence-electron chi connectivity index (χ2n) is 3.31. The van der Waals surface area contributed by atoms with E-state index in [1.807, 2.05) is 5.43 Å². The molecule has 0 saturated heterocycles. The lowest BCUT2D eigenvalue weighted by Gasteiger charge is -2.06. The minimum absolute atomic E-state index is 0.0880. The SMILES string of the molecule is NNc1nc(Sc2cccc(F)c2)c(F)cc1F. The third kappa shape index (κ3) is 2.74. The van der Waals surface area contributed by atoms with Crippen LogP contribution >= 0.6 is 11.8 Å². The van der Waals surface area contributed by atoms with Gasteiger partial charge in [0.05, 0.1) is 0 Å². The molecule has 0 bridgehead atoms. The molecule has 2 rings (SSSR count). The van der Waals surface area contributed by atoms with Crippen LogP contribution in [0, 0.1) is 17.5 Å². The number of nitrogen functional groups attached to an aromatic ring is 1. The van der Waals surface area contributed by atoms with Crippen LogP contribution in [-0.2, 0) is 0 Å². The lowest BCUT2D eigenvalue weighted by molar-refractivity contribution is 0.551. The molecule has 0 fully saturated rings. The molecule has 0 atom stereocenters. The Morgan fingerprint density at radius 2 is 1.89 bits per heavy atom. The molecule has 7 heteroatoms. The average Bonchev–Trinajstić information content (AvgIpc) is 2.33. The van der Waals surface area contributed by atoms with Gasteiger partial charge in [0, 0.05) is 11.0 Å². The summed E-state index contributed by atoms with van der Waals surface area (Å²) in [6.45, 7) is 0. The molecule has 0 saturated carbocycles. The van der Waals surface area contributed by atoms with Crippen molar-refractivity contribution in [2.75, 3.05) is 5.43 Å². The molecule has 2 aromatic rings. The molecule has 3 N–H and O–H groups in total. The van der Waals surface area contributed by atoms with Gasteiger partial charge in [0.25, 0.3) is 0 Å². The molecule has 1 heterocycles. The third-order valence-electron chi connectivity index (χ3n) is 2.04. The highest BCUT2D eigenvalue weighted by Gasteiger charge is 2.12. The van der Waals surface area contributed by atoms with Gasteiger partial charge in [0.1, 0.15) is 10.8 Å². The van der Waals surface area contributed by atoms with Crippen molar-refractivity contribution in [2.45, 2.75) is 9.92 Å². The summed E-state index contributed by atoms with van der Waals surface area (Å²) in [4.78, 5) is 4.12. The first-order valence-electron chi connectivity index (χ1n) is 4.86. The molecule has 1 aromatic carbocycles. The van der Waals surface area contributed by atoms with Gasteiger partial charge >= 0.3 is 0 Å². The maximum Gasteiger partial charge on any atom is 0.177 e. The van der Waals surface area contributed by atoms with Crippen LogP contribution in [0.25, 0.3) is 0 Å². The Balaban J connectivity index is 2.34. The molecule has 0 aliphatic heterocycles. The molecular formula is C11H8F3N3S. The molecule has 1 aromatic heterocycles. The Hall–Kier alpha value is -1.73. The molecule has 3 nitrogen and oxygen atoms in total. The van der Waals surface area contributed by atoms with Crippen LogP contribution in [0.15, 0.2) is 40.3 Å². The summed E-state index contributed by atoms with van der Waals surface area (Å²) in [6.07, 6.45) is 0. The van der Waals surface area contributed by atoms with Gasteiger partial charge in [-0.1, -0.05) is 17.8 Å². The molecular weight excluding hydrogens is 263 g/mol. The number of hydrogen-bond donors (Lipinski definition) is 2. The monoisotopic (exact) mass is 271 g/mol. The molecule has 0 amide bonds. The number of nitrogens with one attached hydrogen (secondary N) is 1. The van der Waals surface area contributed by atoms with Crippen LogP contribution in [-0.4, -0.2) is 4.98 Å². The van der Waals surface area contributed by atoms with Crippen LogP contribution in [0.2, 0.25) is 0 Å². The van der Waals surface area contributed by atoms with Crippen molar-refractivity contribution in [3.8, 4) is 0 Å². The zero-order valence-corrected chi connectivity index (χ0v) is 9.77. The molecule has 94 valence electrons. The largest absolute Gasteiger partial charge is 0.306 e. The number of halogens is 3. The predicted octanol–water partition coefficient (Wildman–Crippen LogP) is 2.94. The van der Waals surface area contributed by atoms with Crippen molar-refractivity contribution in [3.63, 3.8) is 0 Å². The summed E-state index contributed by atoms with van der Waals surface area (Å²) in [7, 11) is 0. The Morgan fingerprint density at radius 1 is 1.11 bits per heavy atom. The van der Waals surface area contributed by atoms with Crippen molar-refractivity contribution in [1.29, 1.82) is 0 Å². The summed E-state index contributed by atoms with van der Waals surface area (Å²) >= 11 is 0.878. The fourth-order valence-electron chi connectivity index (χ4n) is 1.26. The van der Waals surface area contributed by atoms with E-state index in [4.69, 9.17) is 5.84 Å². The van der Waals surface area contributed by atoms with Gasteiger partial charge in [-0.3, -0.25) is 0 Å². The van der Waals surface area contributed by atoms with Gasteiger partial charge in [-0.05, 0) is 18.2 Å². The second-order valence-corrected chi connectivity index (χ2v) is 4.37. The quantitative estimate of drug-likeness (QED) is 0.665. The molecule has 0 radical (unpaired) electrons. The molecule has 0 unspecified atom stereocenters. The third-order valence-corrected chi connectivity index (χ3v) is 3.01. The number of hydrazine groups is 1. The molecule has 0 spiro atoms. The Kier molecular flexibility index (Phi) is 3.73. The van der Waals surface area contributed by atoms with E-state index < -0.39 is 17.5 Å². The number of aromatic nitrogens is 1. The van der Waals surface area contributed by atoms with Crippen LogP contribution in [0.5, 0.6) is 0 Å². The first-order chi connectivity index (χ1) is 8.60. The number of benzene rings is 1. The first kappa shape index (κ1) is 12.7. The number of hydrogen-bond acceptors (Lipinski definition) is 4. The minimum Gasteiger partial charge on any atom is -0.306 e. The molecule has 0 aliphatic rings. The number of pyridine rings is 1. The highest BCUT2D eigenvalue weighted by Crippen LogP contribution is 2.30. The van der Waals surface area contributed by atoms with Gasteiger partial charge in [-0.2, -0.15) is 0 Å². The summed E-state index contributed by atoms with van der Waals surface area (Å²) in [5, 5.41) is -0.0880. The standard InChI is InChI=1S/C11H8F3N3S/c12-6-2-1-3-7(4-6)18-11-9(14)5-8(13)10(16-11)17-15/h1-5H,15H2,(H,16,17). The van der Waals surface area contributed by atoms with E-state index in [-0.39, 0.29) is 10.8 Å². The van der Waals surface area contributed by atoms with Gasteiger partial charge in [-0.25, -0.2) is 24.0 Å². The van der Waals surface area contributed by atoms with E-state index >= 15 is 0 Å². The smallest absolute Gasteiger partial charge is 0.177 e. The number of rotatable bonds is 3. The number of anilines is 1. The van der Waals surface area contributed by atoms with Crippen molar-refractivity contribution in [3.05, 3.63) is 47.8 Å². The van der Waals surface area contributed by atoms with Crippen LogP contribution in [0.3, 0.4) is 0 Å². The fraction of sp³-hybridized carbons (Fsp3) is 0. The van der Waals surface area contributed by atoms with Crippen molar-refractivity contribution >= 4 is 17.6 Å². The Labute approximate surface area is 105 Å². The zero-order valence-electron chi connectivity index (χ0n) is 8.95. The highest BCUT2D eigenvalue weighted by molar-refractivity contribution is 7.99. The first-order valence-corrected chi connectivity index (χ1v) is 5.68. The maximum atomic E-state index is 13.5. The highest BCUT2D eigenvalue weighted by atomic mass is 32.2. The van der Waals surface area contributed by atoms with E-state index in [1.54, 1.807) is 6.07 Å². The van der Waals surface area contributed by atoms with Gasteiger partial charge in [0.15, 0.2) is 17.5 Å². The van der Waals surface area contributed by atoms with E-state index in [9.17, 15) is 13.2 Å². The second kappa shape index (κ2) is 5.28. The average molecular weight is 271 g/mol. The molecule has 0 aliphatic carbocycles. The summed E-state index contributed by atoms with van der Waals surface area (Å²) < 4.78 is 39.5. The zero-order chi connectivity index (χ0) is 13.1.